The summed E-state index contributed by atoms with van der Waals surface area (Å²) >= 11 is 1.79. The van der Waals surface area contributed by atoms with Crippen LogP contribution in [0.5, 0.6) is 0 Å². The number of amides is 2. The van der Waals surface area contributed by atoms with E-state index in [9.17, 15) is 14.7 Å². The number of rotatable bonds is 4. The van der Waals surface area contributed by atoms with Gasteiger partial charge < -0.3 is 15.3 Å². The number of piperidine rings is 1. The van der Waals surface area contributed by atoms with Gasteiger partial charge in [0.2, 0.25) is 0 Å². The molecule has 2 amide bonds. The van der Waals surface area contributed by atoms with Crippen molar-refractivity contribution in [3.05, 3.63) is 0 Å². The Morgan fingerprint density at radius 2 is 2.10 bits per heavy atom. The van der Waals surface area contributed by atoms with Crippen LogP contribution in [0.25, 0.3) is 0 Å². The molecule has 0 aromatic rings. The molecular weight excluding hydrogens is 288 g/mol. The Morgan fingerprint density at radius 1 is 1.33 bits per heavy atom. The number of carbonyl (C=O) groups excluding carboxylic acids is 1. The van der Waals surface area contributed by atoms with Crippen LogP contribution in [0.2, 0.25) is 0 Å². The molecule has 0 bridgehead atoms. The Labute approximate surface area is 130 Å². The molecule has 2 rings (SSSR count). The first-order valence-corrected chi connectivity index (χ1v) is 9.18. The standard InChI is InChI=1S/C15H26N2O3S/c1-3-10-7-8-17(12(9-10)14(18)19)15(20)16-11-5-4-6-13(11)21-2/h10-13H,3-9H2,1-2H3,(H,16,20)(H,18,19). The Kier molecular flexibility index (Phi) is 5.79. The molecule has 6 heteroatoms. The van der Waals surface area contributed by atoms with Crippen molar-refractivity contribution in [1.82, 2.24) is 10.2 Å². The Balaban J connectivity index is 1.98. The molecule has 1 saturated carbocycles. The van der Waals surface area contributed by atoms with E-state index in [-0.39, 0.29) is 12.1 Å². The van der Waals surface area contributed by atoms with Crippen molar-refractivity contribution in [2.45, 2.75) is 62.8 Å². The van der Waals surface area contributed by atoms with E-state index in [4.69, 9.17) is 0 Å². The number of thioether (sulfide) groups is 1. The highest BCUT2D eigenvalue weighted by Crippen LogP contribution is 2.30. The zero-order valence-electron chi connectivity index (χ0n) is 12.9. The van der Waals surface area contributed by atoms with E-state index in [1.54, 1.807) is 11.8 Å². The van der Waals surface area contributed by atoms with Crippen molar-refractivity contribution < 1.29 is 14.7 Å². The molecule has 0 spiro atoms. The number of carboxylic acid groups (broad SMARTS) is 1. The SMILES string of the molecule is CCC1CCN(C(=O)NC2CCCC2SC)C(C(=O)O)C1. The number of likely N-dealkylation sites (tertiary alicyclic amines) is 1. The molecule has 2 N–H and O–H groups in total. The molecule has 1 saturated heterocycles. The monoisotopic (exact) mass is 314 g/mol. The second-order valence-electron chi connectivity index (χ2n) is 6.11. The summed E-state index contributed by atoms with van der Waals surface area (Å²) in [5.41, 5.74) is 0. The van der Waals surface area contributed by atoms with E-state index in [1.165, 1.54) is 4.90 Å². The van der Waals surface area contributed by atoms with Crippen LogP contribution in [0.3, 0.4) is 0 Å². The maximum Gasteiger partial charge on any atom is 0.326 e. The minimum atomic E-state index is -0.879. The topological polar surface area (TPSA) is 69.6 Å². The molecule has 5 nitrogen and oxygen atoms in total. The fourth-order valence-corrected chi connectivity index (χ4v) is 4.44. The van der Waals surface area contributed by atoms with E-state index < -0.39 is 12.0 Å². The second-order valence-corrected chi connectivity index (χ2v) is 7.18. The van der Waals surface area contributed by atoms with Gasteiger partial charge in [-0.25, -0.2) is 9.59 Å². The number of nitrogens with one attached hydrogen (secondary N) is 1. The molecule has 1 aliphatic heterocycles. The Hall–Kier alpha value is -0.910. The lowest BCUT2D eigenvalue weighted by molar-refractivity contribution is -0.144. The van der Waals surface area contributed by atoms with E-state index in [2.05, 4.69) is 18.5 Å². The average Bonchev–Trinajstić information content (AvgIpc) is 2.93. The van der Waals surface area contributed by atoms with Crippen molar-refractivity contribution in [2.24, 2.45) is 5.92 Å². The highest BCUT2D eigenvalue weighted by Gasteiger charge is 2.37. The molecule has 0 radical (unpaired) electrons. The molecule has 1 heterocycles. The number of carbonyl (C=O) groups is 2. The van der Waals surface area contributed by atoms with Crippen LogP contribution in [0.15, 0.2) is 0 Å². The number of urea groups is 1. The summed E-state index contributed by atoms with van der Waals surface area (Å²) in [6.07, 6.45) is 7.81. The first-order chi connectivity index (χ1) is 10.1. The summed E-state index contributed by atoms with van der Waals surface area (Å²) in [6.45, 7) is 2.64. The first-order valence-electron chi connectivity index (χ1n) is 7.89. The van der Waals surface area contributed by atoms with Crippen molar-refractivity contribution >= 4 is 23.8 Å². The molecule has 2 fully saturated rings. The molecule has 120 valence electrons. The van der Waals surface area contributed by atoms with Gasteiger partial charge in [-0.3, -0.25) is 0 Å². The van der Waals surface area contributed by atoms with E-state index >= 15 is 0 Å². The number of aliphatic carboxylic acids is 1. The molecule has 4 atom stereocenters. The van der Waals surface area contributed by atoms with Crippen molar-refractivity contribution in [3.8, 4) is 0 Å². The zero-order valence-corrected chi connectivity index (χ0v) is 13.7. The molecule has 21 heavy (non-hydrogen) atoms. The molecule has 2 aliphatic rings. The Morgan fingerprint density at radius 3 is 2.71 bits per heavy atom. The molecule has 1 aliphatic carbocycles. The van der Waals surface area contributed by atoms with Crippen molar-refractivity contribution in [2.75, 3.05) is 12.8 Å². The Bertz CT molecular complexity index is 391. The highest BCUT2D eigenvalue weighted by atomic mass is 32.2. The van der Waals surface area contributed by atoms with Gasteiger partial charge in [-0.2, -0.15) is 11.8 Å². The van der Waals surface area contributed by atoms with Gasteiger partial charge in [-0.1, -0.05) is 19.8 Å². The molecule has 4 unspecified atom stereocenters. The fraction of sp³-hybridized carbons (Fsp3) is 0.867. The molecule has 0 aromatic carbocycles. The van der Waals surface area contributed by atoms with Crippen LogP contribution >= 0.6 is 11.8 Å². The van der Waals surface area contributed by atoms with Crippen molar-refractivity contribution in [1.29, 1.82) is 0 Å². The van der Waals surface area contributed by atoms with Crippen molar-refractivity contribution in [3.63, 3.8) is 0 Å². The van der Waals surface area contributed by atoms with Crippen LogP contribution in [0.1, 0.15) is 45.4 Å². The number of nitrogens with zero attached hydrogens (tertiary/aromatic N) is 1. The van der Waals surface area contributed by atoms with Crippen LogP contribution in [0.4, 0.5) is 4.79 Å². The van der Waals surface area contributed by atoms with Crippen LogP contribution in [-0.2, 0) is 4.79 Å². The minimum Gasteiger partial charge on any atom is -0.480 e. The lowest BCUT2D eigenvalue weighted by Crippen LogP contribution is -2.55. The first kappa shape index (κ1) is 16.5. The fourth-order valence-electron chi connectivity index (χ4n) is 3.50. The quantitative estimate of drug-likeness (QED) is 0.836. The largest absolute Gasteiger partial charge is 0.480 e. The van der Waals surface area contributed by atoms with Crippen LogP contribution in [-0.4, -0.2) is 52.1 Å². The summed E-state index contributed by atoms with van der Waals surface area (Å²) < 4.78 is 0. The van der Waals surface area contributed by atoms with Gasteiger partial charge in [0.1, 0.15) is 6.04 Å². The lowest BCUT2D eigenvalue weighted by Gasteiger charge is -2.37. The smallest absolute Gasteiger partial charge is 0.326 e. The van der Waals surface area contributed by atoms with Gasteiger partial charge >= 0.3 is 12.0 Å². The summed E-state index contributed by atoms with van der Waals surface area (Å²) in [4.78, 5) is 25.5. The second kappa shape index (κ2) is 7.38. The highest BCUT2D eigenvalue weighted by molar-refractivity contribution is 7.99. The van der Waals surface area contributed by atoms with Gasteiger partial charge in [0.25, 0.3) is 0 Å². The van der Waals surface area contributed by atoms with E-state index in [1.807, 2.05) is 0 Å². The van der Waals surface area contributed by atoms with E-state index in [0.29, 0.717) is 24.1 Å². The van der Waals surface area contributed by atoms with Crippen LogP contribution < -0.4 is 5.32 Å². The third-order valence-electron chi connectivity index (χ3n) is 4.90. The van der Waals surface area contributed by atoms with E-state index in [0.717, 1.165) is 32.1 Å². The van der Waals surface area contributed by atoms with Gasteiger partial charge in [0.15, 0.2) is 0 Å². The van der Waals surface area contributed by atoms with Gasteiger partial charge in [0, 0.05) is 17.8 Å². The van der Waals surface area contributed by atoms with Gasteiger partial charge in [-0.05, 0) is 37.9 Å². The maximum atomic E-state index is 12.5. The number of carboxylic acids is 1. The third-order valence-corrected chi connectivity index (χ3v) is 6.07. The summed E-state index contributed by atoms with van der Waals surface area (Å²) in [6, 6.07) is -0.674. The summed E-state index contributed by atoms with van der Waals surface area (Å²) in [5, 5.41) is 12.9. The number of hydrogen-bond acceptors (Lipinski definition) is 3. The maximum absolute atomic E-state index is 12.5. The summed E-state index contributed by atoms with van der Waals surface area (Å²) in [7, 11) is 0. The summed E-state index contributed by atoms with van der Waals surface area (Å²) in [5.74, 6) is -0.461. The van der Waals surface area contributed by atoms with Crippen LogP contribution in [0, 0.1) is 5.92 Å². The third kappa shape index (κ3) is 3.84. The predicted molar refractivity (Wildman–Crippen MR) is 84.6 cm³/mol. The molecule has 0 aromatic heterocycles. The molecular formula is C15H26N2O3S. The normalized spacial score (nSPS) is 33.0. The van der Waals surface area contributed by atoms with Gasteiger partial charge in [0.05, 0.1) is 0 Å². The average molecular weight is 314 g/mol. The minimum absolute atomic E-state index is 0.186. The predicted octanol–water partition coefficient (Wildman–Crippen LogP) is 2.56. The van der Waals surface area contributed by atoms with Gasteiger partial charge in [-0.15, -0.1) is 0 Å². The number of hydrogen-bond donors (Lipinski definition) is 2. The zero-order chi connectivity index (χ0) is 15.4. The lowest BCUT2D eigenvalue weighted by atomic mass is 9.89.